The van der Waals surface area contributed by atoms with Crippen LogP contribution in [0.1, 0.15) is 19.3 Å². The molecule has 0 bridgehead atoms. The molecule has 5 heteroatoms. The van der Waals surface area contributed by atoms with Crippen molar-refractivity contribution in [3.63, 3.8) is 0 Å². The Bertz CT molecular complexity index is 664. The van der Waals surface area contributed by atoms with Crippen molar-refractivity contribution in [2.24, 2.45) is 0 Å². The molecular formula is C19H22ClN3O. The Morgan fingerprint density at radius 1 is 0.958 bits per heavy atom. The van der Waals surface area contributed by atoms with E-state index in [0.717, 1.165) is 24.5 Å². The van der Waals surface area contributed by atoms with E-state index in [-0.39, 0.29) is 5.91 Å². The van der Waals surface area contributed by atoms with Crippen molar-refractivity contribution >= 4 is 34.6 Å². The first-order chi connectivity index (χ1) is 11.7. The lowest BCUT2D eigenvalue weighted by molar-refractivity contribution is -0.115. The molecular weight excluding hydrogens is 322 g/mol. The number of anilines is 3. The summed E-state index contributed by atoms with van der Waals surface area (Å²) in [6, 6.07) is 15.5. The Kier molecular flexibility index (Phi) is 5.59. The van der Waals surface area contributed by atoms with Crippen molar-refractivity contribution in [1.29, 1.82) is 0 Å². The Morgan fingerprint density at radius 2 is 1.58 bits per heavy atom. The van der Waals surface area contributed by atoms with Gasteiger partial charge in [0.2, 0.25) is 5.91 Å². The van der Waals surface area contributed by atoms with Crippen LogP contribution in [-0.2, 0) is 4.79 Å². The van der Waals surface area contributed by atoms with Gasteiger partial charge in [-0.1, -0.05) is 11.6 Å². The second-order valence-electron chi connectivity index (χ2n) is 5.97. The van der Waals surface area contributed by atoms with Gasteiger partial charge in [-0.25, -0.2) is 0 Å². The summed E-state index contributed by atoms with van der Waals surface area (Å²) in [5.74, 6) is -0.0153. The zero-order valence-corrected chi connectivity index (χ0v) is 14.4. The lowest BCUT2D eigenvalue weighted by Gasteiger charge is -2.18. The highest BCUT2D eigenvalue weighted by Gasteiger charge is 2.11. The van der Waals surface area contributed by atoms with E-state index in [1.54, 1.807) is 24.3 Å². The van der Waals surface area contributed by atoms with Crippen molar-refractivity contribution < 1.29 is 4.79 Å². The summed E-state index contributed by atoms with van der Waals surface area (Å²) in [5, 5.41) is 6.80. The van der Waals surface area contributed by atoms with E-state index in [4.69, 9.17) is 11.6 Å². The quantitative estimate of drug-likeness (QED) is 0.818. The number of hydrogen-bond acceptors (Lipinski definition) is 3. The number of rotatable bonds is 6. The largest absolute Gasteiger partial charge is 0.385 e. The van der Waals surface area contributed by atoms with Crippen molar-refractivity contribution in [3.05, 3.63) is 53.6 Å². The van der Waals surface area contributed by atoms with Crippen LogP contribution in [0.4, 0.5) is 17.1 Å². The predicted octanol–water partition coefficient (Wildman–Crippen LogP) is 4.38. The van der Waals surface area contributed by atoms with Gasteiger partial charge in [-0.15, -0.1) is 0 Å². The summed E-state index contributed by atoms with van der Waals surface area (Å²) in [5.41, 5.74) is 3.08. The number of hydrogen-bond donors (Lipinski definition) is 2. The molecule has 1 saturated heterocycles. The predicted molar refractivity (Wildman–Crippen MR) is 101 cm³/mol. The van der Waals surface area contributed by atoms with E-state index in [0.29, 0.717) is 18.0 Å². The molecule has 126 valence electrons. The fourth-order valence-corrected chi connectivity index (χ4v) is 2.97. The van der Waals surface area contributed by atoms with Gasteiger partial charge in [-0.05, 0) is 61.4 Å². The van der Waals surface area contributed by atoms with Crippen LogP contribution in [0.15, 0.2) is 48.5 Å². The minimum absolute atomic E-state index is 0.0153. The van der Waals surface area contributed by atoms with E-state index in [2.05, 4.69) is 39.8 Å². The number of carbonyl (C=O) groups excluding carboxylic acids is 1. The molecule has 2 aromatic carbocycles. The summed E-state index contributed by atoms with van der Waals surface area (Å²) in [7, 11) is 0. The van der Waals surface area contributed by atoms with Crippen molar-refractivity contribution in [3.8, 4) is 0 Å². The molecule has 3 rings (SSSR count). The highest BCUT2D eigenvalue weighted by Crippen LogP contribution is 2.22. The molecule has 1 aliphatic rings. The number of carbonyl (C=O) groups is 1. The minimum Gasteiger partial charge on any atom is -0.385 e. The van der Waals surface area contributed by atoms with Gasteiger partial charge >= 0.3 is 0 Å². The highest BCUT2D eigenvalue weighted by molar-refractivity contribution is 6.30. The topological polar surface area (TPSA) is 44.4 Å². The fraction of sp³-hybridized carbons (Fsp3) is 0.316. The Balaban J connectivity index is 1.42. The maximum atomic E-state index is 11.9. The number of amides is 1. The maximum absolute atomic E-state index is 11.9. The van der Waals surface area contributed by atoms with Crippen molar-refractivity contribution in [1.82, 2.24) is 0 Å². The van der Waals surface area contributed by atoms with Crippen LogP contribution in [0.2, 0.25) is 5.02 Å². The minimum atomic E-state index is -0.0153. The third kappa shape index (κ3) is 4.65. The zero-order valence-electron chi connectivity index (χ0n) is 13.6. The van der Waals surface area contributed by atoms with Crippen LogP contribution >= 0.6 is 11.6 Å². The van der Waals surface area contributed by atoms with Crippen molar-refractivity contribution in [2.45, 2.75) is 19.3 Å². The summed E-state index contributed by atoms with van der Waals surface area (Å²) in [6.45, 7) is 2.90. The zero-order chi connectivity index (χ0) is 16.8. The van der Waals surface area contributed by atoms with Crippen LogP contribution in [0.25, 0.3) is 0 Å². The summed E-state index contributed by atoms with van der Waals surface area (Å²) in [4.78, 5) is 14.3. The molecule has 0 saturated carbocycles. The monoisotopic (exact) mass is 343 g/mol. The van der Waals surface area contributed by atoms with Gasteiger partial charge < -0.3 is 15.5 Å². The third-order valence-electron chi connectivity index (χ3n) is 4.15. The molecule has 4 nitrogen and oxygen atoms in total. The third-order valence-corrected chi connectivity index (χ3v) is 4.40. The van der Waals surface area contributed by atoms with Crippen LogP contribution < -0.4 is 15.5 Å². The Hall–Kier alpha value is -2.20. The number of nitrogens with one attached hydrogen (secondary N) is 2. The molecule has 0 radical (unpaired) electrons. The lowest BCUT2D eigenvalue weighted by Crippen LogP contribution is -2.17. The first-order valence-corrected chi connectivity index (χ1v) is 8.73. The SMILES string of the molecule is O=C(CCNc1ccc(N2CCCC2)cc1)Nc1ccc(Cl)cc1. The molecule has 2 N–H and O–H groups in total. The highest BCUT2D eigenvalue weighted by atomic mass is 35.5. The van der Waals surface area contributed by atoms with E-state index < -0.39 is 0 Å². The smallest absolute Gasteiger partial charge is 0.226 e. The van der Waals surface area contributed by atoms with E-state index in [9.17, 15) is 4.79 Å². The molecule has 1 fully saturated rings. The molecule has 1 amide bonds. The average molecular weight is 344 g/mol. The summed E-state index contributed by atoms with van der Waals surface area (Å²) in [6.07, 6.45) is 2.97. The van der Waals surface area contributed by atoms with Crippen LogP contribution in [-0.4, -0.2) is 25.5 Å². The maximum Gasteiger partial charge on any atom is 0.226 e. The second kappa shape index (κ2) is 8.06. The van der Waals surface area contributed by atoms with E-state index in [1.807, 2.05) is 0 Å². The van der Waals surface area contributed by atoms with Gasteiger partial charge in [-0.3, -0.25) is 4.79 Å². The van der Waals surface area contributed by atoms with E-state index in [1.165, 1.54) is 18.5 Å². The number of halogens is 1. The van der Waals surface area contributed by atoms with Crippen LogP contribution in [0.5, 0.6) is 0 Å². The van der Waals surface area contributed by atoms with Gasteiger partial charge in [0.1, 0.15) is 0 Å². The Labute approximate surface area is 147 Å². The Morgan fingerprint density at radius 3 is 2.25 bits per heavy atom. The summed E-state index contributed by atoms with van der Waals surface area (Å²) < 4.78 is 0. The van der Waals surface area contributed by atoms with E-state index >= 15 is 0 Å². The molecule has 0 unspecified atom stereocenters. The van der Waals surface area contributed by atoms with Gasteiger partial charge in [-0.2, -0.15) is 0 Å². The molecule has 1 heterocycles. The molecule has 0 aromatic heterocycles. The standard InChI is InChI=1S/C19H22ClN3O/c20-15-3-5-17(6-4-15)22-19(24)11-12-21-16-7-9-18(10-8-16)23-13-1-2-14-23/h3-10,21H,1-2,11-14H2,(H,22,24). The molecule has 24 heavy (non-hydrogen) atoms. The number of benzene rings is 2. The molecule has 1 aliphatic heterocycles. The first kappa shape index (κ1) is 16.7. The second-order valence-corrected chi connectivity index (χ2v) is 6.41. The van der Waals surface area contributed by atoms with Gasteiger partial charge in [0.25, 0.3) is 0 Å². The lowest BCUT2D eigenvalue weighted by atomic mass is 10.2. The van der Waals surface area contributed by atoms with Crippen molar-refractivity contribution in [2.75, 3.05) is 35.2 Å². The van der Waals surface area contributed by atoms with Crippen LogP contribution in [0, 0.1) is 0 Å². The summed E-state index contributed by atoms with van der Waals surface area (Å²) >= 11 is 5.83. The first-order valence-electron chi connectivity index (χ1n) is 8.35. The molecule has 0 aliphatic carbocycles. The number of nitrogens with zero attached hydrogens (tertiary/aromatic N) is 1. The molecule has 2 aromatic rings. The van der Waals surface area contributed by atoms with Gasteiger partial charge in [0.15, 0.2) is 0 Å². The van der Waals surface area contributed by atoms with Gasteiger partial charge in [0, 0.05) is 48.1 Å². The fourth-order valence-electron chi connectivity index (χ4n) is 2.84. The molecule has 0 spiro atoms. The van der Waals surface area contributed by atoms with Crippen LogP contribution in [0.3, 0.4) is 0 Å². The molecule has 0 atom stereocenters. The average Bonchev–Trinajstić information content (AvgIpc) is 3.12. The normalized spacial score (nSPS) is 13.8. The van der Waals surface area contributed by atoms with Gasteiger partial charge in [0.05, 0.1) is 0 Å².